The molecule has 33 heavy (non-hydrogen) atoms. The van der Waals surface area contributed by atoms with E-state index in [0.717, 1.165) is 46.5 Å². The second kappa shape index (κ2) is 11.0. The highest BCUT2D eigenvalue weighted by Crippen LogP contribution is 2.33. The van der Waals surface area contributed by atoms with E-state index in [0.29, 0.717) is 23.8 Å². The fraction of sp³-hybridized carbons (Fsp3) is 0.259. The van der Waals surface area contributed by atoms with E-state index in [-0.39, 0.29) is 5.91 Å². The highest BCUT2D eigenvalue weighted by Gasteiger charge is 2.22. The molecule has 0 spiro atoms. The molecule has 170 valence electrons. The van der Waals surface area contributed by atoms with Gasteiger partial charge < -0.3 is 9.47 Å². The molecule has 0 bridgehead atoms. The van der Waals surface area contributed by atoms with Crippen LogP contribution in [0.4, 0.5) is 5.13 Å². The van der Waals surface area contributed by atoms with Gasteiger partial charge in [-0.15, -0.1) is 0 Å². The third-order valence-electron chi connectivity index (χ3n) is 5.36. The van der Waals surface area contributed by atoms with Crippen molar-refractivity contribution in [2.75, 3.05) is 18.6 Å². The third kappa shape index (κ3) is 5.71. The number of rotatable bonds is 10. The van der Waals surface area contributed by atoms with Crippen LogP contribution in [0.25, 0.3) is 10.2 Å². The number of ether oxygens (including phenoxy) is 2. The number of anilines is 1. The number of hydrogen-bond acceptors (Lipinski definition) is 5. The zero-order valence-electron chi connectivity index (χ0n) is 19.0. The minimum Gasteiger partial charge on any atom is -0.497 e. The summed E-state index contributed by atoms with van der Waals surface area (Å²) in [5, 5.41) is 0.659. The number of nitrogens with zero attached hydrogens (tertiary/aromatic N) is 2. The number of aromatic nitrogens is 1. The van der Waals surface area contributed by atoms with Crippen LogP contribution in [0.15, 0.2) is 72.8 Å². The molecular weight excluding hydrogens is 432 g/mol. The van der Waals surface area contributed by atoms with Gasteiger partial charge >= 0.3 is 0 Å². The molecule has 1 heterocycles. The van der Waals surface area contributed by atoms with Gasteiger partial charge in [-0.2, -0.15) is 0 Å². The number of carbonyl (C=O) groups is 1. The number of unbranched alkanes of at least 4 members (excludes halogenated alkanes) is 2. The molecule has 1 amide bonds. The number of amides is 1. The largest absolute Gasteiger partial charge is 0.497 e. The molecule has 0 fully saturated rings. The van der Waals surface area contributed by atoms with E-state index in [1.54, 1.807) is 12.0 Å². The van der Waals surface area contributed by atoms with Crippen molar-refractivity contribution in [1.82, 2.24) is 4.98 Å². The predicted molar refractivity (Wildman–Crippen MR) is 135 cm³/mol. The standard InChI is InChI=1S/C27H28N2O3S/c1-3-4-8-17-32-22-13-11-21(12-14-22)26(30)29(19-20-9-6-5-7-10-20)27-28-24-16-15-23(31-2)18-25(24)33-27/h5-7,9-16,18H,3-4,8,17,19H2,1-2H3. The van der Waals surface area contributed by atoms with Crippen molar-refractivity contribution in [3.8, 4) is 11.5 Å². The van der Waals surface area contributed by atoms with Crippen LogP contribution in [0.3, 0.4) is 0 Å². The van der Waals surface area contributed by atoms with E-state index in [9.17, 15) is 4.79 Å². The molecule has 0 aliphatic carbocycles. The first-order valence-electron chi connectivity index (χ1n) is 11.2. The minimum atomic E-state index is -0.0950. The Morgan fingerprint density at radius 3 is 2.45 bits per heavy atom. The Balaban J connectivity index is 1.60. The first-order chi connectivity index (χ1) is 16.2. The molecule has 6 heteroatoms. The fourth-order valence-electron chi connectivity index (χ4n) is 3.52. The lowest BCUT2D eigenvalue weighted by Crippen LogP contribution is -2.30. The molecule has 0 saturated heterocycles. The van der Waals surface area contributed by atoms with Gasteiger partial charge in [-0.1, -0.05) is 61.4 Å². The van der Waals surface area contributed by atoms with Gasteiger partial charge in [0.2, 0.25) is 0 Å². The lowest BCUT2D eigenvalue weighted by Gasteiger charge is -2.20. The van der Waals surface area contributed by atoms with Crippen LogP contribution >= 0.6 is 11.3 Å². The van der Waals surface area contributed by atoms with Gasteiger partial charge in [-0.3, -0.25) is 9.69 Å². The summed E-state index contributed by atoms with van der Waals surface area (Å²) in [6, 6.07) is 23.1. The Labute approximate surface area is 198 Å². The van der Waals surface area contributed by atoms with Crippen molar-refractivity contribution in [2.24, 2.45) is 0 Å². The van der Waals surface area contributed by atoms with E-state index in [1.165, 1.54) is 11.3 Å². The molecule has 0 aliphatic heterocycles. The maximum Gasteiger partial charge on any atom is 0.260 e. The van der Waals surface area contributed by atoms with Crippen LogP contribution in [0.2, 0.25) is 0 Å². The van der Waals surface area contributed by atoms with Gasteiger partial charge in [-0.05, 0) is 54.4 Å². The van der Waals surface area contributed by atoms with E-state index >= 15 is 0 Å². The Morgan fingerprint density at radius 1 is 0.970 bits per heavy atom. The summed E-state index contributed by atoms with van der Waals surface area (Å²) in [4.78, 5) is 20.1. The first-order valence-corrected chi connectivity index (χ1v) is 12.0. The smallest absolute Gasteiger partial charge is 0.260 e. The molecule has 1 aromatic heterocycles. The number of thiazole rings is 1. The average Bonchev–Trinajstić information content (AvgIpc) is 3.29. The zero-order chi connectivity index (χ0) is 23.0. The van der Waals surface area contributed by atoms with Crippen molar-refractivity contribution < 1.29 is 14.3 Å². The van der Waals surface area contributed by atoms with Crippen molar-refractivity contribution in [3.05, 3.63) is 83.9 Å². The molecule has 0 N–H and O–H groups in total. The molecular formula is C27H28N2O3S. The van der Waals surface area contributed by atoms with Crippen LogP contribution in [0.1, 0.15) is 42.1 Å². The van der Waals surface area contributed by atoms with Crippen molar-refractivity contribution in [3.63, 3.8) is 0 Å². The van der Waals surface area contributed by atoms with Crippen LogP contribution < -0.4 is 14.4 Å². The van der Waals surface area contributed by atoms with E-state index in [2.05, 4.69) is 6.92 Å². The maximum atomic E-state index is 13.6. The summed E-state index contributed by atoms with van der Waals surface area (Å²) in [5.41, 5.74) is 2.49. The Hall–Kier alpha value is -3.38. The highest BCUT2D eigenvalue weighted by molar-refractivity contribution is 7.22. The fourth-order valence-corrected chi connectivity index (χ4v) is 4.51. The molecule has 5 nitrogen and oxygen atoms in total. The number of benzene rings is 3. The van der Waals surface area contributed by atoms with Gasteiger partial charge in [0.05, 0.1) is 30.5 Å². The predicted octanol–water partition coefficient (Wildman–Crippen LogP) is 6.72. The summed E-state index contributed by atoms with van der Waals surface area (Å²) >= 11 is 1.49. The normalized spacial score (nSPS) is 10.8. The lowest BCUT2D eigenvalue weighted by molar-refractivity contribution is 0.0985. The summed E-state index contributed by atoms with van der Waals surface area (Å²) in [6.07, 6.45) is 3.34. The Kier molecular flexibility index (Phi) is 7.58. The topological polar surface area (TPSA) is 51.7 Å². The van der Waals surface area contributed by atoms with E-state index < -0.39 is 0 Å². The number of methoxy groups -OCH3 is 1. The number of carbonyl (C=O) groups excluding carboxylic acids is 1. The van der Waals surface area contributed by atoms with Gasteiger partial charge in [0.15, 0.2) is 5.13 Å². The van der Waals surface area contributed by atoms with Crippen LogP contribution in [0.5, 0.6) is 11.5 Å². The van der Waals surface area contributed by atoms with Crippen LogP contribution in [-0.4, -0.2) is 24.6 Å². The Bertz CT molecular complexity index is 1190. The van der Waals surface area contributed by atoms with Crippen molar-refractivity contribution in [1.29, 1.82) is 0 Å². The van der Waals surface area contributed by atoms with Crippen LogP contribution in [-0.2, 0) is 6.54 Å². The second-order valence-corrected chi connectivity index (χ2v) is 8.80. The van der Waals surface area contributed by atoms with Crippen molar-refractivity contribution in [2.45, 2.75) is 32.7 Å². The number of fused-ring (bicyclic) bond motifs is 1. The summed E-state index contributed by atoms with van der Waals surface area (Å²) in [6.45, 7) is 3.30. The van der Waals surface area contributed by atoms with E-state index in [4.69, 9.17) is 14.5 Å². The lowest BCUT2D eigenvalue weighted by atomic mass is 10.1. The molecule has 4 aromatic rings. The first kappa shape index (κ1) is 22.8. The van der Waals surface area contributed by atoms with Gasteiger partial charge in [-0.25, -0.2) is 4.98 Å². The monoisotopic (exact) mass is 460 g/mol. The third-order valence-corrected chi connectivity index (χ3v) is 6.40. The summed E-state index contributed by atoms with van der Waals surface area (Å²) in [5.74, 6) is 1.46. The zero-order valence-corrected chi connectivity index (χ0v) is 19.8. The highest BCUT2D eigenvalue weighted by atomic mass is 32.1. The quantitative estimate of drug-likeness (QED) is 0.247. The van der Waals surface area contributed by atoms with Gasteiger partial charge in [0.1, 0.15) is 11.5 Å². The van der Waals surface area contributed by atoms with Gasteiger partial charge in [0.25, 0.3) is 5.91 Å². The van der Waals surface area contributed by atoms with Crippen molar-refractivity contribution >= 4 is 32.6 Å². The molecule has 0 atom stereocenters. The maximum absolute atomic E-state index is 13.6. The Morgan fingerprint density at radius 2 is 1.73 bits per heavy atom. The van der Waals surface area contributed by atoms with E-state index in [1.807, 2.05) is 72.8 Å². The molecule has 4 rings (SSSR count). The SMILES string of the molecule is CCCCCOc1ccc(C(=O)N(Cc2ccccc2)c2nc3ccc(OC)cc3s2)cc1. The minimum absolute atomic E-state index is 0.0950. The molecule has 0 saturated carbocycles. The van der Waals surface area contributed by atoms with Gasteiger partial charge in [0, 0.05) is 5.56 Å². The summed E-state index contributed by atoms with van der Waals surface area (Å²) in [7, 11) is 1.64. The molecule has 0 unspecified atom stereocenters. The molecule has 3 aromatic carbocycles. The average molecular weight is 461 g/mol. The summed E-state index contributed by atoms with van der Waals surface area (Å²) < 4.78 is 12.1. The number of hydrogen-bond donors (Lipinski definition) is 0. The second-order valence-electron chi connectivity index (χ2n) is 7.79. The molecule has 0 aliphatic rings. The molecule has 0 radical (unpaired) electrons. The van der Waals surface area contributed by atoms with Crippen LogP contribution in [0, 0.1) is 0 Å².